The molecule has 0 atom stereocenters. The number of para-hydroxylation sites is 1. The van der Waals surface area contributed by atoms with Gasteiger partial charge >= 0.3 is 0 Å². The second-order valence-electron chi connectivity index (χ2n) is 4.78. The predicted molar refractivity (Wildman–Crippen MR) is 82.5 cm³/mol. The van der Waals surface area contributed by atoms with Crippen LogP contribution in [0.5, 0.6) is 11.5 Å². The molecule has 108 valence electrons. The molecule has 5 nitrogen and oxygen atoms in total. The van der Waals surface area contributed by atoms with Crippen LogP contribution in [0.1, 0.15) is 5.69 Å². The lowest BCUT2D eigenvalue weighted by atomic mass is 10.2. The van der Waals surface area contributed by atoms with Crippen molar-refractivity contribution in [1.82, 2.24) is 9.78 Å². The van der Waals surface area contributed by atoms with Crippen LogP contribution in [0, 0.1) is 0 Å². The van der Waals surface area contributed by atoms with Crippen LogP contribution in [0.2, 0.25) is 0 Å². The molecule has 5 heteroatoms. The lowest BCUT2D eigenvalue weighted by molar-refractivity contribution is 0.300. The molecule has 0 spiro atoms. The number of methoxy groups -OCH3 is 1. The Labute approximate surface area is 122 Å². The van der Waals surface area contributed by atoms with Crippen molar-refractivity contribution in [3.63, 3.8) is 0 Å². The van der Waals surface area contributed by atoms with Gasteiger partial charge in [0.1, 0.15) is 23.8 Å². The highest BCUT2D eigenvalue weighted by Crippen LogP contribution is 2.28. The minimum Gasteiger partial charge on any atom is -0.497 e. The van der Waals surface area contributed by atoms with E-state index in [0.29, 0.717) is 23.8 Å². The van der Waals surface area contributed by atoms with E-state index in [4.69, 9.17) is 15.2 Å². The second-order valence-corrected chi connectivity index (χ2v) is 4.78. The lowest BCUT2D eigenvalue weighted by Crippen LogP contribution is -2.01. The normalized spacial score (nSPS) is 10.8. The minimum atomic E-state index is 0.360. The molecule has 0 fully saturated rings. The van der Waals surface area contributed by atoms with Crippen LogP contribution >= 0.6 is 0 Å². The summed E-state index contributed by atoms with van der Waals surface area (Å²) in [4.78, 5) is 0. The standard InChI is InChI=1S/C16H17N3O2/c1-19-15-6-4-3-5-12(15)14(18-19)10-21-16-9-11(20-2)7-8-13(16)17/h3-9H,10,17H2,1-2H3. The number of nitrogens with two attached hydrogens (primary N) is 1. The van der Waals surface area contributed by atoms with E-state index in [1.807, 2.05) is 36.0 Å². The maximum atomic E-state index is 5.92. The Balaban J connectivity index is 1.87. The highest BCUT2D eigenvalue weighted by molar-refractivity contribution is 5.81. The van der Waals surface area contributed by atoms with Crippen LogP contribution in [0.3, 0.4) is 0 Å². The molecule has 0 aliphatic heterocycles. The van der Waals surface area contributed by atoms with Crippen LogP contribution in [-0.2, 0) is 13.7 Å². The van der Waals surface area contributed by atoms with E-state index >= 15 is 0 Å². The zero-order chi connectivity index (χ0) is 14.8. The van der Waals surface area contributed by atoms with Gasteiger partial charge in [0.2, 0.25) is 0 Å². The number of rotatable bonds is 4. The first-order valence-electron chi connectivity index (χ1n) is 6.66. The third kappa shape index (κ3) is 2.50. The molecule has 1 aromatic heterocycles. The Morgan fingerprint density at radius 3 is 2.81 bits per heavy atom. The summed E-state index contributed by atoms with van der Waals surface area (Å²) in [6.07, 6.45) is 0. The predicted octanol–water partition coefficient (Wildman–Crippen LogP) is 2.74. The average Bonchev–Trinajstić information content (AvgIpc) is 2.83. The summed E-state index contributed by atoms with van der Waals surface area (Å²) in [6.45, 7) is 0.360. The Morgan fingerprint density at radius 2 is 2.00 bits per heavy atom. The van der Waals surface area contributed by atoms with Crippen LogP contribution in [0.25, 0.3) is 10.9 Å². The van der Waals surface area contributed by atoms with Crippen molar-refractivity contribution >= 4 is 16.6 Å². The van der Waals surface area contributed by atoms with Gasteiger partial charge in [-0.25, -0.2) is 0 Å². The fourth-order valence-corrected chi connectivity index (χ4v) is 2.31. The van der Waals surface area contributed by atoms with Gasteiger partial charge in [-0.2, -0.15) is 5.10 Å². The summed E-state index contributed by atoms with van der Waals surface area (Å²) in [7, 11) is 3.54. The van der Waals surface area contributed by atoms with Crippen LogP contribution in [-0.4, -0.2) is 16.9 Å². The van der Waals surface area contributed by atoms with Gasteiger partial charge in [0.25, 0.3) is 0 Å². The smallest absolute Gasteiger partial charge is 0.146 e. The van der Waals surface area contributed by atoms with Gasteiger partial charge in [-0.05, 0) is 18.2 Å². The maximum Gasteiger partial charge on any atom is 0.146 e. The topological polar surface area (TPSA) is 62.3 Å². The highest BCUT2D eigenvalue weighted by Gasteiger charge is 2.10. The van der Waals surface area contributed by atoms with Gasteiger partial charge in [0.15, 0.2) is 0 Å². The molecule has 0 aliphatic carbocycles. The average molecular weight is 283 g/mol. The molecule has 0 saturated carbocycles. The van der Waals surface area contributed by atoms with Gasteiger partial charge < -0.3 is 15.2 Å². The molecule has 1 heterocycles. The van der Waals surface area contributed by atoms with Crippen LogP contribution in [0.15, 0.2) is 42.5 Å². The summed E-state index contributed by atoms with van der Waals surface area (Å²) in [5.41, 5.74) is 8.46. The monoisotopic (exact) mass is 283 g/mol. The zero-order valence-corrected chi connectivity index (χ0v) is 12.0. The van der Waals surface area contributed by atoms with Gasteiger partial charge in [-0.1, -0.05) is 18.2 Å². The third-order valence-corrected chi connectivity index (χ3v) is 3.42. The maximum absolute atomic E-state index is 5.92. The number of nitrogens with zero attached hydrogens (tertiary/aromatic N) is 2. The van der Waals surface area contributed by atoms with Crippen LogP contribution < -0.4 is 15.2 Å². The number of hydrogen-bond acceptors (Lipinski definition) is 4. The number of ether oxygens (including phenoxy) is 2. The molecule has 2 aromatic carbocycles. The Hall–Kier alpha value is -2.69. The van der Waals surface area contributed by atoms with Crippen molar-refractivity contribution < 1.29 is 9.47 Å². The summed E-state index contributed by atoms with van der Waals surface area (Å²) >= 11 is 0. The first-order valence-corrected chi connectivity index (χ1v) is 6.66. The first-order chi connectivity index (χ1) is 10.2. The number of fused-ring (bicyclic) bond motifs is 1. The molecule has 0 unspecified atom stereocenters. The molecule has 21 heavy (non-hydrogen) atoms. The number of anilines is 1. The van der Waals surface area contributed by atoms with Gasteiger partial charge in [-0.15, -0.1) is 0 Å². The molecule has 0 aliphatic rings. The summed E-state index contributed by atoms with van der Waals surface area (Å²) < 4.78 is 12.8. The largest absolute Gasteiger partial charge is 0.497 e. The van der Waals surface area contributed by atoms with E-state index in [1.165, 1.54) is 0 Å². The van der Waals surface area contributed by atoms with Crippen molar-refractivity contribution in [2.24, 2.45) is 7.05 Å². The highest BCUT2D eigenvalue weighted by atomic mass is 16.5. The lowest BCUT2D eigenvalue weighted by Gasteiger charge is -2.09. The van der Waals surface area contributed by atoms with Crippen molar-refractivity contribution in [1.29, 1.82) is 0 Å². The van der Waals surface area contributed by atoms with E-state index in [2.05, 4.69) is 5.10 Å². The number of benzene rings is 2. The first kappa shape index (κ1) is 13.3. The molecule has 0 radical (unpaired) electrons. The minimum absolute atomic E-state index is 0.360. The fraction of sp³-hybridized carbons (Fsp3) is 0.188. The molecular formula is C16H17N3O2. The van der Waals surface area contributed by atoms with Gasteiger partial charge in [0, 0.05) is 18.5 Å². The third-order valence-electron chi connectivity index (χ3n) is 3.42. The molecule has 0 amide bonds. The van der Waals surface area contributed by atoms with Gasteiger partial charge in [-0.3, -0.25) is 4.68 Å². The van der Waals surface area contributed by atoms with E-state index < -0.39 is 0 Å². The Morgan fingerprint density at radius 1 is 1.19 bits per heavy atom. The number of nitrogen functional groups attached to an aromatic ring is 1. The van der Waals surface area contributed by atoms with E-state index in [9.17, 15) is 0 Å². The SMILES string of the molecule is COc1ccc(N)c(OCc2nn(C)c3ccccc23)c1. The molecule has 0 saturated heterocycles. The Bertz CT molecular complexity index is 780. The zero-order valence-electron chi connectivity index (χ0n) is 12.0. The van der Waals surface area contributed by atoms with Crippen molar-refractivity contribution in [2.75, 3.05) is 12.8 Å². The summed E-state index contributed by atoms with van der Waals surface area (Å²) in [6, 6.07) is 13.4. The van der Waals surface area contributed by atoms with Crippen molar-refractivity contribution in [3.05, 3.63) is 48.2 Å². The fourth-order valence-electron chi connectivity index (χ4n) is 2.31. The second kappa shape index (κ2) is 5.36. The van der Waals surface area contributed by atoms with E-state index in [0.717, 1.165) is 16.6 Å². The van der Waals surface area contributed by atoms with Crippen LogP contribution in [0.4, 0.5) is 5.69 Å². The van der Waals surface area contributed by atoms with E-state index in [1.54, 1.807) is 25.3 Å². The van der Waals surface area contributed by atoms with Gasteiger partial charge in [0.05, 0.1) is 18.3 Å². The number of hydrogen-bond donors (Lipinski definition) is 1. The Kier molecular flexibility index (Phi) is 3.39. The summed E-state index contributed by atoms with van der Waals surface area (Å²) in [5, 5.41) is 5.58. The molecule has 3 rings (SSSR count). The summed E-state index contributed by atoms with van der Waals surface area (Å²) in [5.74, 6) is 1.31. The molecule has 2 N–H and O–H groups in total. The van der Waals surface area contributed by atoms with Crippen molar-refractivity contribution in [2.45, 2.75) is 6.61 Å². The van der Waals surface area contributed by atoms with Crippen molar-refractivity contribution in [3.8, 4) is 11.5 Å². The molecular weight excluding hydrogens is 266 g/mol. The molecule has 0 bridgehead atoms. The van der Waals surface area contributed by atoms with E-state index in [-0.39, 0.29) is 0 Å². The number of aryl methyl sites for hydroxylation is 1. The molecule has 3 aromatic rings. The number of aromatic nitrogens is 2. The quantitative estimate of drug-likeness (QED) is 0.748.